The standard InChI is InChI=1S/C16H23BN2O4/c1-15(2)16(3,4)23-17(22-15)13-6-5-12-10-19(18-14(20)21)8-7-11(12)9-13/h5-6,9,18H,7-8,10H2,1-4H3,(H,20,21). The minimum atomic E-state index is -1.03. The summed E-state index contributed by atoms with van der Waals surface area (Å²) in [6, 6.07) is 6.16. The first-order valence-electron chi connectivity index (χ1n) is 7.90. The molecule has 1 fully saturated rings. The fraction of sp³-hybridized carbons (Fsp3) is 0.562. The molecular formula is C16H23BN2O4. The summed E-state index contributed by atoms with van der Waals surface area (Å²) in [6.07, 6.45) is -0.231. The van der Waals surface area contributed by atoms with Crippen LogP contribution in [0, 0.1) is 0 Å². The normalized spacial score (nSPS) is 22.7. The Morgan fingerprint density at radius 1 is 1.22 bits per heavy atom. The largest absolute Gasteiger partial charge is 0.494 e. The van der Waals surface area contributed by atoms with E-state index in [1.807, 2.05) is 39.8 Å². The lowest BCUT2D eigenvalue weighted by Gasteiger charge is -2.32. The predicted molar refractivity (Wildman–Crippen MR) is 87.4 cm³/mol. The molecule has 23 heavy (non-hydrogen) atoms. The summed E-state index contributed by atoms with van der Waals surface area (Å²) in [7, 11) is -0.361. The van der Waals surface area contributed by atoms with Crippen LogP contribution in [-0.2, 0) is 22.3 Å². The van der Waals surface area contributed by atoms with Crippen LogP contribution in [-0.4, -0.2) is 41.1 Å². The van der Waals surface area contributed by atoms with Crippen molar-refractivity contribution in [3.05, 3.63) is 29.3 Å². The van der Waals surface area contributed by atoms with Crippen LogP contribution in [0.25, 0.3) is 0 Å². The summed E-state index contributed by atoms with van der Waals surface area (Å²) < 4.78 is 12.2. The molecular weight excluding hydrogens is 295 g/mol. The predicted octanol–water partition coefficient (Wildman–Crippen LogP) is 1.53. The second-order valence-corrected chi connectivity index (χ2v) is 7.20. The van der Waals surface area contributed by atoms with E-state index in [0.29, 0.717) is 13.1 Å². The third-order valence-electron chi connectivity index (χ3n) is 5.02. The van der Waals surface area contributed by atoms with Gasteiger partial charge in [0.05, 0.1) is 11.2 Å². The van der Waals surface area contributed by atoms with Crippen LogP contribution in [0.1, 0.15) is 38.8 Å². The topological polar surface area (TPSA) is 71.0 Å². The van der Waals surface area contributed by atoms with Gasteiger partial charge in [0.15, 0.2) is 0 Å². The Kier molecular flexibility index (Phi) is 3.90. The van der Waals surface area contributed by atoms with Gasteiger partial charge in [-0.05, 0) is 50.7 Å². The smallest absolute Gasteiger partial charge is 0.464 e. The molecule has 1 aromatic rings. The fourth-order valence-electron chi connectivity index (χ4n) is 2.93. The van der Waals surface area contributed by atoms with E-state index < -0.39 is 6.09 Å². The first-order chi connectivity index (χ1) is 10.7. The molecule has 0 spiro atoms. The molecule has 0 saturated carbocycles. The maximum absolute atomic E-state index is 10.7. The average molecular weight is 318 g/mol. The van der Waals surface area contributed by atoms with E-state index in [9.17, 15) is 4.79 Å². The lowest BCUT2D eigenvalue weighted by atomic mass is 9.77. The Morgan fingerprint density at radius 2 is 1.87 bits per heavy atom. The van der Waals surface area contributed by atoms with Gasteiger partial charge in [0.2, 0.25) is 0 Å². The van der Waals surface area contributed by atoms with E-state index in [2.05, 4.69) is 11.5 Å². The van der Waals surface area contributed by atoms with Gasteiger partial charge in [0.25, 0.3) is 0 Å². The van der Waals surface area contributed by atoms with Gasteiger partial charge in [-0.25, -0.2) is 9.80 Å². The number of fused-ring (bicyclic) bond motifs is 1. The molecule has 0 bridgehead atoms. The Hall–Kier alpha value is -1.57. The van der Waals surface area contributed by atoms with Gasteiger partial charge in [-0.2, -0.15) is 0 Å². The number of benzene rings is 1. The lowest BCUT2D eigenvalue weighted by molar-refractivity contribution is 0.00578. The molecule has 1 amide bonds. The van der Waals surface area contributed by atoms with E-state index >= 15 is 0 Å². The Bertz CT molecular complexity index is 617. The molecule has 6 nitrogen and oxygen atoms in total. The van der Waals surface area contributed by atoms with Crippen LogP contribution in [0.4, 0.5) is 4.79 Å². The monoisotopic (exact) mass is 318 g/mol. The number of hydrazine groups is 1. The zero-order valence-corrected chi connectivity index (χ0v) is 14.0. The highest BCUT2D eigenvalue weighted by Crippen LogP contribution is 2.36. The third kappa shape index (κ3) is 3.09. The molecule has 0 radical (unpaired) electrons. The molecule has 2 heterocycles. The number of nitrogens with one attached hydrogen (secondary N) is 1. The summed E-state index contributed by atoms with van der Waals surface area (Å²) in [6.45, 7) is 9.40. The van der Waals surface area contributed by atoms with Crippen molar-refractivity contribution in [1.82, 2.24) is 10.4 Å². The van der Waals surface area contributed by atoms with Crippen LogP contribution < -0.4 is 10.9 Å². The van der Waals surface area contributed by atoms with Gasteiger partial charge < -0.3 is 14.4 Å². The van der Waals surface area contributed by atoms with E-state index in [1.165, 1.54) is 5.56 Å². The van der Waals surface area contributed by atoms with Crippen molar-refractivity contribution in [2.45, 2.75) is 51.9 Å². The van der Waals surface area contributed by atoms with Gasteiger partial charge in [0, 0.05) is 13.1 Å². The Morgan fingerprint density at radius 3 is 2.48 bits per heavy atom. The van der Waals surface area contributed by atoms with Crippen LogP contribution >= 0.6 is 0 Å². The zero-order chi connectivity index (χ0) is 16.8. The van der Waals surface area contributed by atoms with Crippen LogP contribution in [0.3, 0.4) is 0 Å². The van der Waals surface area contributed by atoms with Crippen molar-refractivity contribution in [3.8, 4) is 0 Å². The molecule has 0 aromatic heterocycles. The van der Waals surface area contributed by atoms with Gasteiger partial charge in [-0.3, -0.25) is 5.43 Å². The molecule has 124 valence electrons. The number of rotatable bonds is 2. The van der Waals surface area contributed by atoms with E-state index in [1.54, 1.807) is 5.01 Å². The number of hydrogen-bond donors (Lipinski definition) is 2. The summed E-state index contributed by atoms with van der Waals surface area (Å²) >= 11 is 0. The number of hydrogen-bond acceptors (Lipinski definition) is 4. The van der Waals surface area contributed by atoms with Crippen LogP contribution in [0.15, 0.2) is 18.2 Å². The van der Waals surface area contributed by atoms with E-state index in [0.717, 1.165) is 17.4 Å². The second-order valence-electron chi connectivity index (χ2n) is 7.20. The average Bonchev–Trinajstić information content (AvgIpc) is 2.66. The highest BCUT2D eigenvalue weighted by atomic mass is 16.7. The van der Waals surface area contributed by atoms with Crippen molar-refractivity contribution in [1.29, 1.82) is 0 Å². The van der Waals surface area contributed by atoms with Crippen LogP contribution in [0.5, 0.6) is 0 Å². The van der Waals surface area contributed by atoms with E-state index in [-0.39, 0.29) is 18.3 Å². The third-order valence-corrected chi connectivity index (χ3v) is 5.02. The second kappa shape index (κ2) is 5.51. The Labute approximate surface area is 136 Å². The highest BCUT2D eigenvalue weighted by Gasteiger charge is 2.51. The molecule has 2 N–H and O–H groups in total. The van der Waals surface area contributed by atoms with Crippen molar-refractivity contribution in [2.75, 3.05) is 6.54 Å². The number of amides is 1. The van der Waals surface area contributed by atoms with Crippen LogP contribution in [0.2, 0.25) is 0 Å². The lowest BCUT2D eigenvalue weighted by Crippen LogP contribution is -2.44. The minimum absolute atomic E-state index is 0.351. The maximum atomic E-state index is 10.7. The molecule has 0 aliphatic carbocycles. The summed E-state index contributed by atoms with van der Waals surface area (Å²) in [5.74, 6) is 0. The summed E-state index contributed by atoms with van der Waals surface area (Å²) in [4.78, 5) is 10.7. The van der Waals surface area contributed by atoms with Crippen molar-refractivity contribution in [2.24, 2.45) is 0 Å². The van der Waals surface area contributed by atoms with Crippen molar-refractivity contribution >= 4 is 18.7 Å². The summed E-state index contributed by atoms with van der Waals surface area (Å²) in [5.41, 5.74) is 5.08. The molecule has 1 saturated heterocycles. The number of carbonyl (C=O) groups is 1. The first kappa shape index (κ1) is 16.3. The number of carboxylic acid groups (broad SMARTS) is 1. The maximum Gasteiger partial charge on any atom is 0.494 e. The zero-order valence-electron chi connectivity index (χ0n) is 14.0. The number of nitrogens with zero attached hydrogens (tertiary/aromatic N) is 1. The minimum Gasteiger partial charge on any atom is -0.464 e. The van der Waals surface area contributed by atoms with E-state index in [4.69, 9.17) is 14.4 Å². The van der Waals surface area contributed by atoms with Gasteiger partial charge >= 0.3 is 13.2 Å². The molecule has 7 heteroatoms. The Balaban J connectivity index is 1.77. The molecule has 3 rings (SSSR count). The fourth-order valence-corrected chi connectivity index (χ4v) is 2.93. The quantitative estimate of drug-likeness (QED) is 0.809. The SMILES string of the molecule is CC1(C)OB(c2ccc3c(c2)CCN(NC(=O)O)C3)OC1(C)C. The van der Waals surface area contributed by atoms with Gasteiger partial charge in [0.1, 0.15) is 0 Å². The highest BCUT2D eigenvalue weighted by molar-refractivity contribution is 6.62. The van der Waals surface area contributed by atoms with Crippen molar-refractivity contribution in [3.63, 3.8) is 0 Å². The molecule has 1 aromatic carbocycles. The molecule has 2 aliphatic rings. The van der Waals surface area contributed by atoms with Gasteiger partial charge in [-0.15, -0.1) is 0 Å². The van der Waals surface area contributed by atoms with Gasteiger partial charge in [-0.1, -0.05) is 18.2 Å². The summed E-state index contributed by atoms with van der Waals surface area (Å²) in [5, 5.41) is 10.5. The van der Waals surface area contributed by atoms with Crippen molar-refractivity contribution < 1.29 is 19.2 Å². The first-order valence-corrected chi connectivity index (χ1v) is 7.90. The molecule has 2 aliphatic heterocycles. The molecule has 0 atom stereocenters. The molecule has 0 unspecified atom stereocenters.